The lowest BCUT2D eigenvalue weighted by Gasteiger charge is -2.11. The smallest absolute Gasteiger partial charge is 0.266 e. The van der Waals surface area contributed by atoms with Gasteiger partial charge in [-0.25, -0.2) is 0 Å². The molecule has 3 rings (SSSR count). The summed E-state index contributed by atoms with van der Waals surface area (Å²) >= 11 is 0. The Morgan fingerprint density at radius 3 is 2.32 bits per heavy atom. The molecule has 0 unspecified atom stereocenters. The van der Waals surface area contributed by atoms with Crippen molar-refractivity contribution in [2.75, 3.05) is 5.32 Å². The Kier molecular flexibility index (Phi) is 4.63. The van der Waals surface area contributed by atoms with Crippen LogP contribution in [0.2, 0.25) is 0 Å². The number of nitrogens with zero attached hydrogens (tertiary/aromatic N) is 1. The molecule has 0 saturated heterocycles. The number of carbonyl (C=O) groups excluding carboxylic acids is 1. The summed E-state index contributed by atoms with van der Waals surface area (Å²) in [4.78, 5) is 12.6. The highest BCUT2D eigenvalue weighted by molar-refractivity contribution is 6.11. The average Bonchev–Trinajstić information content (AvgIpc) is 2.62. The fourth-order valence-corrected chi connectivity index (χ4v) is 2.87. The van der Waals surface area contributed by atoms with Gasteiger partial charge in [0.25, 0.3) is 5.91 Å². The molecule has 0 atom stereocenters. The Bertz CT molecular complexity index is 1000. The fourth-order valence-electron chi connectivity index (χ4n) is 2.87. The highest BCUT2D eigenvalue weighted by atomic mass is 16.1. The minimum absolute atomic E-state index is 0.0824. The van der Waals surface area contributed by atoms with Gasteiger partial charge in [0.15, 0.2) is 0 Å². The maximum atomic E-state index is 12.6. The third kappa shape index (κ3) is 3.44. The average molecular weight is 326 g/mol. The first-order chi connectivity index (χ1) is 12.1. The molecule has 1 N–H and O–H groups in total. The molecule has 25 heavy (non-hydrogen) atoms. The van der Waals surface area contributed by atoms with E-state index in [0.29, 0.717) is 0 Å². The van der Waals surface area contributed by atoms with E-state index in [1.807, 2.05) is 80.6 Å². The van der Waals surface area contributed by atoms with Gasteiger partial charge in [-0.05, 0) is 47.4 Å². The lowest BCUT2D eigenvalue weighted by Crippen LogP contribution is -2.15. The number of anilines is 1. The predicted octanol–water partition coefficient (Wildman–Crippen LogP) is 5.00. The first kappa shape index (κ1) is 16.5. The third-order valence-corrected chi connectivity index (χ3v) is 4.21. The monoisotopic (exact) mass is 326 g/mol. The summed E-state index contributed by atoms with van der Waals surface area (Å²) < 4.78 is 0. The second-order valence-electron chi connectivity index (χ2n) is 5.96. The molecule has 0 bridgehead atoms. The summed E-state index contributed by atoms with van der Waals surface area (Å²) in [6, 6.07) is 21.6. The molecule has 0 aliphatic rings. The largest absolute Gasteiger partial charge is 0.321 e. The topological polar surface area (TPSA) is 52.9 Å². The number of fused-ring (bicyclic) bond motifs is 1. The number of amides is 1. The molecule has 3 heteroatoms. The Balaban J connectivity index is 1.98. The molecule has 3 nitrogen and oxygen atoms in total. The van der Waals surface area contributed by atoms with Gasteiger partial charge in [-0.2, -0.15) is 5.26 Å². The van der Waals surface area contributed by atoms with Gasteiger partial charge in [0.05, 0.1) is 0 Å². The van der Waals surface area contributed by atoms with Gasteiger partial charge < -0.3 is 5.32 Å². The van der Waals surface area contributed by atoms with Crippen LogP contribution in [0, 0.1) is 25.2 Å². The molecular weight excluding hydrogens is 308 g/mol. The van der Waals surface area contributed by atoms with E-state index in [1.165, 1.54) is 0 Å². The second kappa shape index (κ2) is 7.02. The van der Waals surface area contributed by atoms with Gasteiger partial charge >= 0.3 is 0 Å². The minimum Gasteiger partial charge on any atom is -0.321 e. The summed E-state index contributed by atoms with van der Waals surface area (Å²) in [5.74, 6) is -0.396. The van der Waals surface area contributed by atoms with Crippen molar-refractivity contribution in [2.24, 2.45) is 0 Å². The Morgan fingerprint density at radius 2 is 1.60 bits per heavy atom. The van der Waals surface area contributed by atoms with E-state index in [2.05, 4.69) is 5.32 Å². The van der Waals surface area contributed by atoms with E-state index in [1.54, 1.807) is 6.08 Å². The number of nitriles is 1. The number of rotatable bonds is 3. The van der Waals surface area contributed by atoms with E-state index in [9.17, 15) is 10.1 Å². The van der Waals surface area contributed by atoms with Crippen molar-refractivity contribution in [3.8, 4) is 6.07 Å². The molecular formula is C22H18N2O. The molecule has 3 aromatic rings. The van der Waals surface area contributed by atoms with E-state index in [0.717, 1.165) is 33.2 Å². The van der Waals surface area contributed by atoms with Crippen molar-refractivity contribution < 1.29 is 4.79 Å². The number of carbonyl (C=O) groups is 1. The summed E-state index contributed by atoms with van der Waals surface area (Å²) in [6.07, 6.45) is 1.64. The van der Waals surface area contributed by atoms with E-state index in [-0.39, 0.29) is 5.57 Å². The van der Waals surface area contributed by atoms with Crippen molar-refractivity contribution in [1.29, 1.82) is 5.26 Å². The molecule has 0 saturated carbocycles. The van der Waals surface area contributed by atoms with Crippen LogP contribution in [0.25, 0.3) is 16.8 Å². The zero-order valence-electron chi connectivity index (χ0n) is 14.2. The summed E-state index contributed by atoms with van der Waals surface area (Å²) in [7, 11) is 0. The van der Waals surface area contributed by atoms with Gasteiger partial charge in [0.1, 0.15) is 11.6 Å². The normalized spacial score (nSPS) is 11.2. The summed E-state index contributed by atoms with van der Waals surface area (Å²) in [5.41, 5.74) is 3.63. The van der Waals surface area contributed by atoms with E-state index in [4.69, 9.17) is 0 Å². The molecule has 3 aromatic carbocycles. The van der Waals surface area contributed by atoms with Crippen LogP contribution in [0.4, 0.5) is 5.69 Å². The van der Waals surface area contributed by atoms with Gasteiger partial charge in [0, 0.05) is 5.69 Å². The quantitative estimate of drug-likeness (QED) is 0.544. The Hall–Kier alpha value is -3.38. The van der Waals surface area contributed by atoms with Crippen molar-refractivity contribution in [3.63, 3.8) is 0 Å². The van der Waals surface area contributed by atoms with Crippen LogP contribution in [0.1, 0.15) is 16.7 Å². The number of aryl methyl sites for hydroxylation is 2. The van der Waals surface area contributed by atoms with Gasteiger partial charge in [-0.1, -0.05) is 60.7 Å². The number of hydrogen-bond donors (Lipinski definition) is 1. The van der Waals surface area contributed by atoms with Crippen LogP contribution in [0.5, 0.6) is 0 Å². The first-order valence-corrected chi connectivity index (χ1v) is 8.07. The highest BCUT2D eigenvalue weighted by Gasteiger charge is 2.13. The lowest BCUT2D eigenvalue weighted by molar-refractivity contribution is -0.112. The molecule has 0 spiro atoms. The van der Waals surface area contributed by atoms with Gasteiger partial charge in [-0.15, -0.1) is 0 Å². The van der Waals surface area contributed by atoms with Crippen LogP contribution in [0.3, 0.4) is 0 Å². The van der Waals surface area contributed by atoms with Crippen molar-refractivity contribution in [3.05, 3.63) is 82.9 Å². The number of para-hydroxylation sites is 1. The van der Waals surface area contributed by atoms with Gasteiger partial charge in [-0.3, -0.25) is 4.79 Å². The molecule has 1 amide bonds. The summed E-state index contributed by atoms with van der Waals surface area (Å²) in [6.45, 7) is 3.87. The van der Waals surface area contributed by atoms with Crippen LogP contribution in [-0.4, -0.2) is 5.91 Å². The SMILES string of the molecule is Cc1cccc(C)c1NC(=O)/C(C#N)=C/c1cccc2ccccc12. The third-order valence-electron chi connectivity index (χ3n) is 4.21. The summed E-state index contributed by atoms with van der Waals surface area (Å²) in [5, 5.41) is 14.4. The maximum absolute atomic E-state index is 12.6. The van der Waals surface area contributed by atoms with Crippen LogP contribution >= 0.6 is 0 Å². The number of hydrogen-bond acceptors (Lipinski definition) is 2. The van der Waals surface area contributed by atoms with Gasteiger partial charge in [0.2, 0.25) is 0 Å². The zero-order chi connectivity index (χ0) is 17.8. The standard InChI is InChI=1S/C22H18N2O/c1-15-7-5-8-16(2)21(15)24-22(25)19(14-23)13-18-11-6-10-17-9-3-4-12-20(17)18/h3-13H,1-2H3,(H,24,25)/b19-13+. The van der Waals surface area contributed by atoms with E-state index >= 15 is 0 Å². The zero-order valence-corrected chi connectivity index (χ0v) is 14.2. The minimum atomic E-state index is -0.396. The maximum Gasteiger partial charge on any atom is 0.266 e. The van der Waals surface area contributed by atoms with E-state index < -0.39 is 5.91 Å². The Labute approximate surface area is 147 Å². The molecule has 0 fully saturated rings. The number of benzene rings is 3. The van der Waals surface area contributed by atoms with Crippen molar-refractivity contribution in [1.82, 2.24) is 0 Å². The second-order valence-corrected chi connectivity index (χ2v) is 5.96. The molecule has 122 valence electrons. The lowest BCUT2D eigenvalue weighted by atomic mass is 10.0. The highest BCUT2D eigenvalue weighted by Crippen LogP contribution is 2.23. The molecule has 0 aromatic heterocycles. The Morgan fingerprint density at radius 1 is 0.960 bits per heavy atom. The molecule has 0 aliphatic heterocycles. The fraction of sp³-hybridized carbons (Fsp3) is 0.0909. The molecule has 0 aliphatic carbocycles. The van der Waals surface area contributed by atoms with Crippen LogP contribution in [0.15, 0.2) is 66.2 Å². The molecule has 0 radical (unpaired) electrons. The molecule has 0 heterocycles. The number of nitrogens with one attached hydrogen (secondary N) is 1. The first-order valence-electron chi connectivity index (χ1n) is 8.07. The van der Waals surface area contributed by atoms with Crippen LogP contribution < -0.4 is 5.32 Å². The van der Waals surface area contributed by atoms with Crippen molar-refractivity contribution >= 4 is 28.4 Å². The predicted molar refractivity (Wildman–Crippen MR) is 102 cm³/mol. The van der Waals surface area contributed by atoms with Crippen LogP contribution in [-0.2, 0) is 4.79 Å². The van der Waals surface area contributed by atoms with Crippen molar-refractivity contribution in [2.45, 2.75) is 13.8 Å².